The van der Waals surface area contributed by atoms with Crippen molar-refractivity contribution in [1.29, 1.82) is 0 Å². The fourth-order valence-corrected chi connectivity index (χ4v) is 3.58. The van der Waals surface area contributed by atoms with Crippen LogP contribution in [-0.4, -0.2) is 31.6 Å². The molecule has 6 heteroatoms. The van der Waals surface area contributed by atoms with Crippen LogP contribution < -0.4 is 5.32 Å². The third-order valence-corrected chi connectivity index (χ3v) is 4.98. The third-order valence-electron chi connectivity index (χ3n) is 3.22. The zero-order valence-corrected chi connectivity index (χ0v) is 11.8. The van der Waals surface area contributed by atoms with Gasteiger partial charge in [-0.25, -0.2) is 4.52 Å². The molecule has 1 fully saturated rings. The standard InChI is InChI=1S/C12H15ClN4S/c1-12(5-2-6-18-12)8-14-11-15-10-4-3-9(13)7-17(10)16-11/h3-4,7H,2,5-6,8H2,1H3,(H,14,16). The molecule has 0 amide bonds. The van der Waals surface area contributed by atoms with Gasteiger partial charge in [0.15, 0.2) is 5.65 Å². The second-order valence-electron chi connectivity index (χ2n) is 4.84. The predicted octanol–water partition coefficient (Wildman–Crippen LogP) is 3.08. The molecule has 3 heterocycles. The highest BCUT2D eigenvalue weighted by Gasteiger charge is 2.29. The van der Waals surface area contributed by atoms with Crippen LogP contribution in [0.4, 0.5) is 5.95 Å². The van der Waals surface area contributed by atoms with E-state index in [1.165, 1.54) is 18.6 Å². The topological polar surface area (TPSA) is 42.2 Å². The Hall–Kier alpha value is -0.940. The molecule has 0 aliphatic carbocycles. The number of nitrogens with one attached hydrogen (secondary N) is 1. The van der Waals surface area contributed by atoms with Crippen LogP contribution >= 0.6 is 23.4 Å². The normalized spacial score (nSPS) is 23.7. The number of rotatable bonds is 3. The number of halogens is 1. The highest BCUT2D eigenvalue weighted by atomic mass is 35.5. The smallest absolute Gasteiger partial charge is 0.243 e. The Labute approximate surface area is 115 Å². The van der Waals surface area contributed by atoms with E-state index in [4.69, 9.17) is 11.6 Å². The second kappa shape index (κ2) is 4.63. The van der Waals surface area contributed by atoms with E-state index in [2.05, 4.69) is 22.3 Å². The zero-order chi connectivity index (χ0) is 12.6. The average molecular weight is 283 g/mol. The summed E-state index contributed by atoms with van der Waals surface area (Å²) in [6, 6.07) is 3.69. The van der Waals surface area contributed by atoms with Gasteiger partial charge in [0, 0.05) is 17.5 Å². The maximum Gasteiger partial charge on any atom is 0.243 e. The maximum atomic E-state index is 5.92. The first-order valence-electron chi connectivity index (χ1n) is 6.04. The van der Waals surface area contributed by atoms with Crippen molar-refractivity contribution in [3.8, 4) is 0 Å². The van der Waals surface area contributed by atoms with Gasteiger partial charge in [0.05, 0.1) is 5.02 Å². The number of nitrogens with zero attached hydrogens (tertiary/aromatic N) is 3. The minimum atomic E-state index is 0.315. The Morgan fingerprint density at radius 2 is 2.44 bits per heavy atom. The Balaban J connectivity index is 1.74. The zero-order valence-electron chi connectivity index (χ0n) is 10.2. The highest BCUT2D eigenvalue weighted by molar-refractivity contribution is 8.00. The van der Waals surface area contributed by atoms with Gasteiger partial charge in [-0.3, -0.25) is 0 Å². The summed E-state index contributed by atoms with van der Waals surface area (Å²) >= 11 is 7.95. The molecule has 1 saturated heterocycles. The van der Waals surface area contributed by atoms with Crippen molar-refractivity contribution >= 4 is 35.0 Å². The van der Waals surface area contributed by atoms with Crippen molar-refractivity contribution in [2.24, 2.45) is 0 Å². The second-order valence-corrected chi connectivity index (χ2v) is 6.96. The minimum Gasteiger partial charge on any atom is -0.352 e. The number of aromatic nitrogens is 3. The SMILES string of the molecule is CC1(CNc2nc3ccc(Cl)cn3n2)CCCS1. The van der Waals surface area contributed by atoms with Gasteiger partial charge in [-0.2, -0.15) is 16.7 Å². The molecule has 0 bridgehead atoms. The van der Waals surface area contributed by atoms with Gasteiger partial charge >= 0.3 is 0 Å². The van der Waals surface area contributed by atoms with Crippen molar-refractivity contribution in [3.63, 3.8) is 0 Å². The van der Waals surface area contributed by atoms with E-state index in [0.717, 1.165) is 12.2 Å². The van der Waals surface area contributed by atoms with Crippen LogP contribution in [0.15, 0.2) is 18.3 Å². The fraction of sp³-hybridized carbons (Fsp3) is 0.500. The van der Waals surface area contributed by atoms with Crippen LogP contribution in [0.1, 0.15) is 19.8 Å². The fourth-order valence-electron chi connectivity index (χ4n) is 2.18. The first-order chi connectivity index (χ1) is 8.65. The van der Waals surface area contributed by atoms with Gasteiger partial charge in [-0.05, 0) is 37.7 Å². The molecule has 1 atom stereocenters. The number of thioether (sulfide) groups is 1. The van der Waals surface area contributed by atoms with Crippen molar-refractivity contribution in [3.05, 3.63) is 23.4 Å². The lowest BCUT2D eigenvalue weighted by molar-refractivity contribution is 0.632. The summed E-state index contributed by atoms with van der Waals surface area (Å²) in [5.74, 6) is 1.93. The first kappa shape index (κ1) is 12.1. The van der Waals surface area contributed by atoms with Crippen LogP contribution in [-0.2, 0) is 0 Å². The van der Waals surface area contributed by atoms with E-state index in [1.54, 1.807) is 10.7 Å². The van der Waals surface area contributed by atoms with E-state index >= 15 is 0 Å². The van der Waals surface area contributed by atoms with Crippen molar-refractivity contribution in [1.82, 2.24) is 14.6 Å². The van der Waals surface area contributed by atoms with E-state index in [0.29, 0.717) is 15.7 Å². The van der Waals surface area contributed by atoms with Crippen molar-refractivity contribution in [2.45, 2.75) is 24.5 Å². The summed E-state index contributed by atoms with van der Waals surface area (Å²) < 4.78 is 2.02. The van der Waals surface area contributed by atoms with E-state index in [1.807, 2.05) is 23.9 Å². The lowest BCUT2D eigenvalue weighted by Crippen LogP contribution is -2.27. The number of fused-ring (bicyclic) bond motifs is 1. The van der Waals surface area contributed by atoms with Crippen molar-refractivity contribution in [2.75, 3.05) is 17.6 Å². The first-order valence-corrected chi connectivity index (χ1v) is 7.41. The monoisotopic (exact) mass is 282 g/mol. The van der Waals surface area contributed by atoms with Gasteiger partial charge in [-0.1, -0.05) is 11.6 Å². The molecule has 96 valence electrons. The Kier molecular flexibility index (Phi) is 3.11. The molecule has 18 heavy (non-hydrogen) atoms. The quantitative estimate of drug-likeness (QED) is 0.939. The van der Waals surface area contributed by atoms with Crippen LogP contribution in [0.3, 0.4) is 0 Å². The number of anilines is 1. The molecule has 4 nitrogen and oxygen atoms in total. The molecule has 0 aromatic carbocycles. The van der Waals surface area contributed by atoms with Crippen LogP contribution in [0.2, 0.25) is 5.02 Å². The summed E-state index contributed by atoms with van der Waals surface area (Å²) in [6.07, 6.45) is 4.32. The summed E-state index contributed by atoms with van der Waals surface area (Å²) in [7, 11) is 0. The van der Waals surface area contributed by atoms with Gasteiger partial charge in [0.2, 0.25) is 5.95 Å². The van der Waals surface area contributed by atoms with Gasteiger partial charge in [0.1, 0.15) is 0 Å². The van der Waals surface area contributed by atoms with Crippen LogP contribution in [0.25, 0.3) is 5.65 Å². The molecule has 1 aliphatic rings. The van der Waals surface area contributed by atoms with Gasteiger partial charge in [-0.15, -0.1) is 5.10 Å². The predicted molar refractivity (Wildman–Crippen MR) is 76.6 cm³/mol. The van der Waals surface area contributed by atoms with Crippen LogP contribution in [0.5, 0.6) is 0 Å². The van der Waals surface area contributed by atoms with E-state index in [9.17, 15) is 0 Å². The van der Waals surface area contributed by atoms with Crippen molar-refractivity contribution < 1.29 is 0 Å². The molecule has 0 spiro atoms. The summed E-state index contributed by atoms with van der Waals surface area (Å²) in [5.41, 5.74) is 0.811. The van der Waals surface area contributed by atoms with E-state index in [-0.39, 0.29) is 0 Å². The lowest BCUT2D eigenvalue weighted by atomic mass is 10.1. The Morgan fingerprint density at radius 1 is 1.56 bits per heavy atom. The van der Waals surface area contributed by atoms with E-state index < -0.39 is 0 Å². The number of pyridine rings is 1. The average Bonchev–Trinajstić information content (AvgIpc) is 2.93. The molecule has 1 N–H and O–H groups in total. The number of hydrogen-bond donors (Lipinski definition) is 1. The largest absolute Gasteiger partial charge is 0.352 e. The summed E-state index contributed by atoms with van der Waals surface area (Å²) in [5, 5.41) is 8.36. The Bertz CT molecular complexity index is 562. The van der Waals surface area contributed by atoms with Crippen LogP contribution in [0, 0.1) is 0 Å². The lowest BCUT2D eigenvalue weighted by Gasteiger charge is -2.22. The molecule has 2 aromatic rings. The van der Waals surface area contributed by atoms with Gasteiger partial charge in [0.25, 0.3) is 0 Å². The molecular weight excluding hydrogens is 268 g/mol. The highest BCUT2D eigenvalue weighted by Crippen LogP contribution is 2.37. The maximum absolute atomic E-state index is 5.92. The molecule has 1 unspecified atom stereocenters. The molecule has 2 aromatic heterocycles. The number of hydrogen-bond acceptors (Lipinski definition) is 4. The molecule has 0 saturated carbocycles. The molecule has 0 radical (unpaired) electrons. The molecular formula is C12H15ClN4S. The Morgan fingerprint density at radius 3 is 3.22 bits per heavy atom. The summed E-state index contributed by atoms with van der Waals surface area (Å²) in [4.78, 5) is 4.42. The molecule has 1 aliphatic heterocycles. The summed E-state index contributed by atoms with van der Waals surface area (Å²) in [6.45, 7) is 3.20. The van der Waals surface area contributed by atoms with Gasteiger partial charge < -0.3 is 5.32 Å². The minimum absolute atomic E-state index is 0.315. The third kappa shape index (κ3) is 2.42. The molecule has 3 rings (SSSR count).